The van der Waals surface area contributed by atoms with Crippen molar-refractivity contribution in [2.45, 2.75) is 44.9 Å². The molecule has 0 saturated heterocycles. The van der Waals surface area contributed by atoms with Crippen molar-refractivity contribution in [1.29, 1.82) is 0 Å². The molecule has 3 aliphatic rings. The zero-order chi connectivity index (χ0) is 42.0. The van der Waals surface area contributed by atoms with E-state index in [1.54, 1.807) is 5.57 Å². The van der Waals surface area contributed by atoms with E-state index in [4.69, 9.17) is 0 Å². The zero-order valence-electron chi connectivity index (χ0n) is 36.0. The summed E-state index contributed by atoms with van der Waals surface area (Å²) >= 11 is 0. The van der Waals surface area contributed by atoms with Crippen LogP contribution in [0, 0.1) is 0 Å². The number of rotatable bonds is 4. The first kappa shape index (κ1) is 36.4. The van der Waals surface area contributed by atoms with Gasteiger partial charge in [0.05, 0.1) is 0 Å². The van der Waals surface area contributed by atoms with E-state index in [1.807, 2.05) is 0 Å². The maximum Gasteiger partial charge on any atom is 0.0159 e. The smallest absolute Gasteiger partial charge is 0.0159 e. The number of benzene rings is 10. The van der Waals surface area contributed by atoms with Crippen LogP contribution in [0.15, 0.2) is 200 Å². The van der Waals surface area contributed by atoms with Crippen LogP contribution in [0.2, 0.25) is 0 Å². The average Bonchev–Trinajstić information content (AvgIpc) is 3.74. The molecule has 0 aromatic heterocycles. The molecule has 1 unspecified atom stereocenters. The summed E-state index contributed by atoms with van der Waals surface area (Å²) in [6.07, 6.45) is 7.02. The van der Waals surface area contributed by atoms with Gasteiger partial charge in [0.2, 0.25) is 0 Å². The predicted molar refractivity (Wildman–Crippen MR) is 269 cm³/mol. The molecule has 0 spiro atoms. The van der Waals surface area contributed by atoms with Crippen LogP contribution in [0.25, 0.3) is 104 Å². The fraction of sp³-hybridized carbons (Fsp3) is 0.111. The zero-order valence-corrected chi connectivity index (χ0v) is 36.0. The lowest BCUT2D eigenvalue weighted by atomic mass is 9.80. The Bertz CT molecular complexity index is 3640. The summed E-state index contributed by atoms with van der Waals surface area (Å²) in [7, 11) is 0. The number of hydrogen-bond acceptors (Lipinski definition) is 0. The van der Waals surface area contributed by atoms with Crippen LogP contribution in [-0.4, -0.2) is 0 Å². The Labute approximate surface area is 369 Å². The summed E-state index contributed by atoms with van der Waals surface area (Å²) in [5, 5.41) is 10.3. The van der Waals surface area contributed by atoms with Gasteiger partial charge in [0.1, 0.15) is 0 Å². The van der Waals surface area contributed by atoms with Gasteiger partial charge in [-0.2, -0.15) is 0 Å². The van der Waals surface area contributed by atoms with E-state index in [9.17, 15) is 0 Å². The van der Waals surface area contributed by atoms with Gasteiger partial charge in [-0.1, -0.05) is 190 Å². The van der Waals surface area contributed by atoms with Crippen LogP contribution in [0.4, 0.5) is 0 Å². The van der Waals surface area contributed by atoms with Crippen LogP contribution in [0.1, 0.15) is 61.8 Å². The Hall–Kier alpha value is -7.28. The Morgan fingerprint density at radius 2 is 1.05 bits per heavy atom. The molecule has 0 fully saturated rings. The summed E-state index contributed by atoms with van der Waals surface area (Å²) in [6.45, 7) is 7.19. The van der Waals surface area contributed by atoms with Crippen LogP contribution < -0.4 is 0 Å². The molecule has 13 rings (SSSR count). The van der Waals surface area contributed by atoms with Crippen molar-refractivity contribution in [2.75, 3.05) is 0 Å². The molecule has 0 heterocycles. The molecule has 1 atom stereocenters. The lowest BCUT2D eigenvalue weighted by molar-refractivity contribution is 0.660. The second-order valence-corrected chi connectivity index (χ2v) is 18.7. The van der Waals surface area contributed by atoms with E-state index in [-0.39, 0.29) is 5.41 Å². The van der Waals surface area contributed by atoms with Gasteiger partial charge in [-0.3, -0.25) is 0 Å². The van der Waals surface area contributed by atoms with E-state index < -0.39 is 0 Å². The monoisotopic (exact) mass is 802 g/mol. The molecule has 0 amide bonds. The average molecular weight is 803 g/mol. The quantitative estimate of drug-likeness (QED) is 0.156. The van der Waals surface area contributed by atoms with E-state index in [1.165, 1.54) is 127 Å². The minimum absolute atomic E-state index is 0.0733. The lowest BCUT2D eigenvalue weighted by Gasteiger charge is -2.23. The van der Waals surface area contributed by atoms with Gasteiger partial charge in [-0.15, -0.1) is 0 Å². The Balaban J connectivity index is 1.10. The summed E-state index contributed by atoms with van der Waals surface area (Å²) in [5.41, 5.74) is 21.4. The van der Waals surface area contributed by atoms with Crippen molar-refractivity contribution in [3.63, 3.8) is 0 Å². The molecule has 0 N–H and O–H groups in total. The Morgan fingerprint density at radius 3 is 1.94 bits per heavy atom. The fourth-order valence-electron chi connectivity index (χ4n) is 11.8. The third-order valence-electron chi connectivity index (χ3n) is 15.0. The molecule has 63 heavy (non-hydrogen) atoms. The number of fused-ring (bicyclic) bond motifs is 9. The molecular formula is C63H46. The van der Waals surface area contributed by atoms with Crippen LogP contribution in [0.3, 0.4) is 0 Å². The fourth-order valence-corrected chi connectivity index (χ4v) is 11.8. The highest BCUT2D eigenvalue weighted by molar-refractivity contribution is 6.23. The number of allylic oxidation sites excluding steroid dienone is 4. The van der Waals surface area contributed by atoms with E-state index in [2.05, 4.69) is 215 Å². The molecule has 0 nitrogen and oxygen atoms in total. The Morgan fingerprint density at radius 1 is 0.413 bits per heavy atom. The van der Waals surface area contributed by atoms with Gasteiger partial charge in [-0.25, -0.2) is 0 Å². The van der Waals surface area contributed by atoms with Crippen molar-refractivity contribution in [2.24, 2.45) is 0 Å². The van der Waals surface area contributed by atoms with E-state index >= 15 is 0 Å². The van der Waals surface area contributed by atoms with Crippen LogP contribution in [-0.2, 0) is 5.41 Å². The largest absolute Gasteiger partial charge is 0.0836 e. The Kier molecular flexibility index (Phi) is 7.86. The minimum atomic E-state index is -0.0733. The molecular weight excluding hydrogens is 757 g/mol. The molecule has 10 aromatic carbocycles. The SMILES string of the molecule is CC1C2=C(C=CCC2)c2cc3c(-c4ccc(-c5cccc6ccccc56)cc4)c4ccc(-c5ccc6c(c5)C(C)(C)c5ccccc5-6)cc4c(-c4ccc5ccccc5c4)c3cc21. The van der Waals surface area contributed by atoms with Crippen molar-refractivity contribution >= 4 is 48.7 Å². The third-order valence-corrected chi connectivity index (χ3v) is 15.0. The first-order valence-electron chi connectivity index (χ1n) is 22.7. The van der Waals surface area contributed by atoms with E-state index in [0.717, 1.165) is 12.8 Å². The highest BCUT2D eigenvalue weighted by atomic mass is 14.4. The predicted octanol–water partition coefficient (Wildman–Crippen LogP) is 17.5. The highest BCUT2D eigenvalue weighted by Gasteiger charge is 2.35. The molecule has 0 radical (unpaired) electrons. The van der Waals surface area contributed by atoms with E-state index in [0.29, 0.717) is 5.92 Å². The maximum absolute atomic E-state index is 2.58. The standard InChI is InChI=1S/C63H46/c1-38-47-17-8-9-19-50(47)55-37-58-57(36-54(38)55)62(46-28-23-39-13-4-5-15-43(39)33-46)56-34-44(45-29-31-52-51-20-10-11-22-59(51)63(2,3)60(52)35-45)30-32-53(56)61(58)42-26-24-41(25-27-42)49-21-12-16-40-14-6-7-18-48(40)49/h4-7,9-16,18-38H,8,17H2,1-3H3. The summed E-state index contributed by atoms with van der Waals surface area (Å²) in [6, 6.07) is 69.3. The lowest BCUT2D eigenvalue weighted by Crippen LogP contribution is -2.14. The highest BCUT2D eigenvalue weighted by Crippen LogP contribution is 2.53. The van der Waals surface area contributed by atoms with Crippen LogP contribution in [0.5, 0.6) is 0 Å². The molecule has 0 saturated carbocycles. The van der Waals surface area contributed by atoms with Gasteiger partial charge in [-0.05, 0) is 170 Å². The maximum atomic E-state index is 2.58. The first-order chi connectivity index (χ1) is 30.9. The van der Waals surface area contributed by atoms with Crippen molar-refractivity contribution < 1.29 is 0 Å². The van der Waals surface area contributed by atoms with Gasteiger partial charge in [0.25, 0.3) is 0 Å². The van der Waals surface area contributed by atoms with Gasteiger partial charge in [0, 0.05) is 11.3 Å². The van der Waals surface area contributed by atoms with Gasteiger partial charge in [0.15, 0.2) is 0 Å². The van der Waals surface area contributed by atoms with Crippen LogP contribution >= 0.6 is 0 Å². The normalized spacial score (nSPS) is 15.9. The summed E-state index contributed by atoms with van der Waals surface area (Å²) in [5.74, 6) is 0.387. The number of hydrogen-bond donors (Lipinski definition) is 0. The second kappa shape index (κ2) is 13.6. The van der Waals surface area contributed by atoms with Crippen molar-refractivity contribution in [3.8, 4) is 55.6 Å². The van der Waals surface area contributed by atoms with Gasteiger partial charge >= 0.3 is 0 Å². The van der Waals surface area contributed by atoms with Gasteiger partial charge < -0.3 is 0 Å². The molecule has 0 aliphatic heterocycles. The topological polar surface area (TPSA) is 0 Å². The molecule has 10 aromatic rings. The van der Waals surface area contributed by atoms with Crippen molar-refractivity contribution in [1.82, 2.24) is 0 Å². The summed E-state index contributed by atoms with van der Waals surface area (Å²) < 4.78 is 0. The first-order valence-corrected chi connectivity index (χ1v) is 22.7. The molecule has 0 heteroatoms. The summed E-state index contributed by atoms with van der Waals surface area (Å²) in [4.78, 5) is 0. The third kappa shape index (κ3) is 5.41. The molecule has 298 valence electrons. The second-order valence-electron chi connectivity index (χ2n) is 18.7. The molecule has 3 aliphatic carbocycles. The molecule has 0 bridgehead atoms. The minimum Gasteiger partial charge on any atom is -0.0836 e. The van der Waals surface area contributed by atoms with Crippen molar-refractivity contribution in [3.05, 3.63) is 222 Å².